The van der Waals surface area contributed by atoms with E-state index in [2.05, 4.69) is 37.0 Å². The van der Waals surface area contributed by atoms with Crippen molar-refractivity contribution in [3.8, 4) is 0 Å². The zero-order valence-corrected chi connectivity index (χ0v) is 13.2. The van der Waals surface area contributed by atoms with Gasteiger partial charge in [-0.2, -0.15) is 0 Å². The smallest absolute Gasteiger partial charge is 0.364 e. The van der Waals surface area contributed by atoms with Crippen molar-refractivity contribution in [2.45, 2.75) is 6.17 Å². The lowest BCUT2D eigenvalue weighted by Crippen LogP contribution is -2.30. The average molecular weight is 387 g/mol. The van der Waals surface area contributed by atoms with Gasteiger partial charge < -0.3 is 15.9 Å². The summed E-state index contributed by atoms with van der Waals surface area (Å²) in [5.74, 6) is -0.114. The molecular formula is C12H12BrFN6O3. The highest BCUT2D eigenvalue weighted by Crippen LogP contribution is 2.33. The topological polar surface area (TPSA) is 119 Å². The molecule has 2 heterocycles. The number of rotatable bonds is 5. The number of nitrogens with one attached hydrogen (secondary N) is 2. The number of carbonyl (C=O) groups is 1. The first-order valence-electron chi connectivity index (χ1n) is 6.59. The molecule has 1 aliphatic rings. The van der Waals surface area contributed by atoms with Gasteiger partial charge in [-0.05, 0) is 44.4 Å². The van der Waals surface area contributed by atoms with Crippen molar-refractivity contribution in [3.63, 3.8) is 0 Å². The molecule has 23 heavy (non-hydrogen) atoms. The SMILES string of the molecule is NCCNc1nonc1C1NOC(=O)N1c1ccc(F)c(Br)c1. The molecule has 0 aliphatic carbocycles. The normalized spacial score (nSPS) is 17.4. The van der Waals surface area contributed by atoms with Crippen LogP contribution in [0.2, 0.25) is 0 Å². The highest BCUT2D eigenvalue weighted by atomic mass is 79.9. The Hall–Kier alpha value is -2.24. The second-order valence-corrected chi connectivity index (χ2v) is 5.42. The molecule has 1 saturated heterocycles. The third kappa shape index (κ3) is 2.98. The summed E-state index contributed by atoms with van der Waals surface area (Å²) < 4.78 is 18.3. The molecule has 11 heteroatoms. The molecule has 0 spiro atoms. The number of benzene rings is 1. The molecule has 0 bridgehead atoms. The maximum absolute atomic E-state index is 13.4. The number of hydrogen-bond acceptors (Lipinski definition) is 8. The van der Waals surface area contributed by atoms with Gasteiger partial charge in [0.15, 0.2) is 17.7 Å². The second kappa shape index (κ2) is 6.48. The van der Waals surface area contributed by atoms with Crippen LogP contribution in [-0.4, -0.2) is 29.5 Å². The van der Waals surface area contributed by atoms with Crippen molar-refractivity contribution in [1.82, 2.24) is 15.8 Å². The van der Waals surface area contributed by atoms with E-state index in [1.54, 1.807) is 0 Å². The van der Waals surface area contributed by atoms with Gasteiger partial charge in [0.2, 0.25) is 0 Å². The minimum absolute atomic E-state index is 0.216. The van der Waals surface area contributed by atoms with Crippen LogP contribution in [0, 0.1) is 5.82 Å². The maximum Gasteiger partial charge on any atom is 0.435 e. The van der Waals surface area contributed by atoms with Crippen LogP contribution < -0.4 is 21.4 Å². The molecule has 0 radical (unpaired) electrons. The number of nitrogens with zero attached hydrogens (tertiary/aromatic N) is 3. The highest BCUT2D eigenvalue weighted by Gasteiger charge is 2.39. The maximum atomic E-state index is 13.4. The molecule has 4 N–H and O–H groups in total. The number of halogens is 2. The van der Waals surface area contributed by atoms with E-state index in [1.165, 1.54) is 23.1 Å². The van der Waals surface area contributed by atoms with Crippen LogP contribution in [0.1, 0.15) is 11.9 Å². The van der Waals surface area contributed by atoms with Crippen LogP contribution in [0.25, 0.3) is 0 Å². The Kier molecular flexibility index (Phi) is 4.41. The molecule has 1 aliphatic heterocycles. The van der Waals surface area contributed by atoms with E-state index in [0.29, 0.717) is 30.3 Å². The van der Waals surface area contributed by atoms with E-state index >= 15 is 0 Å². The first-order valence-corrected chi connectivity index (χ1v) is 7.38. The highest BCUT2D eigenvalue weighted by molar-refractivity contribution is 9.10. The minimum atomic E-state index is -0.786. The molecule has 1 aromatic carbocycles. The number of aromatic nitrogens is 2. The Balaban J connectivity index is 1.94. The van der Waals surface area contributed by atoms with Crippen molar-refractivity contribution < 1.29 is 18.7 Å². The molecule has 1 unspecified atom stereocenters. The van der Waals surface area contributed by atoms with Crippen LogP contribution in [0.3, 0.4) is 0 Å². The lowest BCUT2D eigenvalue weighted by Gasteiger charge is -2.19. The van der Waals surface area contributed by atoms with Crippen molar-refractivity contribution >= 4 is 33.5 Å². The largest absolute Gasteiger partial charge is 0.435 e. The van der Waals surface area contributed by atoms with Gasteiger partial charge in [0, 0.05) is 13.1 Å². The Morgan fingerprint density at radius 2 is 2.30 bits per heavy atom. The summed E-state index contributed by atoms with van der Waals surface area (Å²) in [7, 11) is 0. The first kappa shape index (κ1) is 15.6. The molecule has 1 atom stereocenters. The zero-order chi connectivity index (χ0) is 16.4. The summed E-state index contributed by atoms with van der Waals surface area (Å²) >= 11 is 3.08. The molecule has 2 aromatic rings. The molecular weight excluding hydrogens is 375 g/mol. The second-order valence-electron chi connectivity index (χ2n) is 4.57. The van der Waals surface area contributed by atoms with Crippen LogP contribution in [0.15, 0.2) is 27.3 Å². The quantitative estimate of drug-likeness (QED) is 0.707. The molecule has 122 valence electrons. The lowest BCUT2D eigenvalue weighted by atomic mass is 10.2. The van der Waals surface area contributed by atoms with Gasteiger partial charge in [-0.1, -0.05) is 0 Å². The Bertz CT molecular complexity index is 727. The third-order valence-corrected chi connectivity index (χ3v) is 3.71. The molecule has 3 rings (SSSR count). The van der Waals surface area contributed by atoms with Gasteiger partial charge in [0.1, 0.15) is 5.82 Å². The molecule has 0 saturated carbocycles. The Morgan fingerprint density at radius 1 is 1.48 bits per heavy atom. The Morgan fingerprint density at radius 3 is 3.04 bits per heavy atom. The monoisotopic (exact) mass is 386 g/mol. The van der Waals surface area contributed by atoms with E-state index in [4.69, 9.17) is 15.2 Å². The van der Waals surface area contributed by atoms with Gasteiger partial charge in [0.05, 0.1) is 10.2 Å². The van der Waals surface area contributed by atoms with Crippen LogP contribution in [0.4, 0.5) is 20.7 Å². The molecule has 1 fully saturated rings. The lowest BCUT2D eigenvalue weighted by molar-refractivity contribution is 0.120. The van der Waals surface area contributed by atoms with Gasteiger partial charge in [-0.15, -0.1) is 5.48 Å². The third-order valence-electron chi connectivity index (χ3n) is 3.10. The summed E-state index contributed by atoms with van der Waals surface area (Å²) in [6.07, 6.45) is -1.45. The predicted molar refractivity (Wildman–Crippen MR) is 80.8 cm³/mol. The standard InChI is InChI=1S/C12H12BrFN6O3/c13-7-5-6(1-2-8(7)14)20-11(19-22-12(20)21)9-10(16-4-3-15)18-23-17-9/h1-2,5,11,19H,3-4,15H2,(H,16,18). The van der Waals surface area contributed by atoms with Crippen molar-refractivity contribution in [2.75, 3.05) is 23.3 Å². The van der Waals surface area contributed by atoms with E-state index in [9.17, 15) is 9.18 Å². The van der Waals surface area contributed by atoms with Crippen molar-refractivity contribution in [3.05, 3.63) is 34.2 Å². The predicted octanol–water partition coefficient (Wildman–Crippen LogP) is 1.50. The summed E-state index contributed by atoms with van der Waals surface area (Å²) in [6.45, 7) is 0.833. The van der Waals surface area contributed by atoms with E-state index in [-0.39, 0.29) is 4.47 Å². The summed E-state index contributed by atoms with van der Waals surface area (Å²) in [4.78, 5) is 18.1. The van der Waals surface area contributed by atoms with Crippen molar-refractivity contribution in [2.24, 2.45) is 5.73 Å². The van der Waals surface area contributed by atoms with Gasteiger partial charge in [-0.25, -0.2) is 13.8 Å². The fraction of sp³-hybridized carbons (Fsp3) is 0.250. The minimum Gasteiger partial charge on any atom is -0.364 e. The molecule has 1 amide bonds. The van der Waals surface area contributed by atoms with E-state index in [1.807, 2.05) is 0 Å². The zero-order valence-electron chi connectivity index (χ0n) is 11.6. The fourth-order valence-corrected chi connectivity index (χ4v) is 2.44. The first-order chi connectivity index (χ1) is 11.1. The number of amides is 1. The van der Waals surface area contributed by atoms with E-state index < -0.39 is 18.1 Å². The number of anilines is 2. The number of hydrogen-bond donors (Lipinski definition) is 3. The summed E-state index contributed by atoms with van der Waals surface area (Å²) in [5.41, 5.74) is 8.69. The van der Waals surface area contributed by atoms with Crippen LogP contribution >= 0.6 is 15.9 Å². The summed E-state index contributed by atoms with van der Waals surface area (Å²) in [5, 5.41) is 10.4. The number of hydroxylamine groups is 1. The van der Waals surface area contributed by atoms with E-state index in [0.717, 1.165) is 0 Å². The fourth-order valence-electron chi connectivity index (χ4n) is 2.07. The number of carbonyl (C=O) groups excluding carboxylic acids is 1. The molecule has 1 aromatic heterocycles. The summed E-state index contributed by atoms with van der Waals surface area (Å²) in [6, 6.07) is 4.13. The van der Waals surface area contributed by atoms with Gasteiger partial charge >= 0.3 is 6.09 Å². The van der Waals surface area contributed by atoms with Gasteiger partial charge in [0.25, 0.3) is 0 Å². The van der Waals surface area contributed by atoms with Gasteiger partial charge in [-0.3, -0.25) is 4.90 Å². The van der Waals surface area contributed by atoms with Crippen LogP contribution in [-0.2, 0) is 4.84 Å². The Labute approximate surface area is 138 Å². The van der Waals surface area contributed by atoms with Crippen LogP contribution in [0.5, 0.6) is 0 Å². The number of nitrogens with two attached hydrogens (primary N) is 1. The van der Waals surface area contributed by atoms with Crippen molar-refractivity contribution in [1.29, 1.82) is 0 Å². The molecule has 9 nitrogen and oxygen atoms in total. The average Bonchev–Trinajstić information content (AvgIpc) is 3.14.